The first kappa shape index (κ1) is 16.1. The molecular weight excluding hydrogens is 304 g/mol. The molecule has 1 unspecified atom stereocenters. The molecule has 1 N–H and O–H groups in total. The molecule has 0 aliphatic carbocycles. The van der Waals surface area contributed by atoms with Crippen molar-refractivity contribution in [2.24, 2.45) is 0 Å². The van der Waals surface area contributed by atoms with Crippen LogP contribution < -0.4 is 5.32 Å². The van der Waals surface area contributed by atoms with Crippen LogP contribution in [0.15, 0.2) is 34.5 Å². The fraction of sp³-hybridized carbons (Fsp3) is 0.400. The highest BCUT2D eigenvalue weighted by Gasteiger charge is 2.09. The fourth-order valence-corrected chi connectivity index (χ4v) is 3.34. The van der Waals surface area contributed by atoms with Crippen LogP contribution in [-0.2, 0) is 16.3 Å². The van der Waals surface area contributed by atoms with Crippen molar-refractivity contribution in [2.45, 2.75) is 31.2 Å². The smallest absolute Gasteiger partial charge is 0.175 e. The summed E-state index contributed by atoms with van der Waals surface area (Å²) in [6, 6.07) is 7.22. The number of thiazole rings is 1. The Kier molecular flexibility index (Phi) is 5.13. The molecule has 21 heavy (non-hydrogen) atoms. The quantitative estimate of drug-likeness (QED) is 0.887. The van der Waals surface area contributed by atoms with Crippen LogP contribution in [0.5, 0.6) is 0 Å². The number of nitrogens with zero attached hydrogens (tertiary/aromatic N) is 1. The third kappa shape index (κ3) is 4.62. The van der Waals surface area contributed by atoms with Crippen LogP contribution >= 0.6 is 11.3 Å². The molecule has 6 heteroatoms. The minimum absolute atomic E-state index is 0.179. The van der Waals surface area contributed by atoms with Gasteiger partial charge in [-0.25, -0.2) is 13.4 Å². The Labute approximate surface area is 130 Å². The summed E-state index contributed by atoms with van der Waals surface area (Å²) in [6.45, 7) is 4.92. The molecule has 114 valence electrons. The molecule has 0 saturated carbocycles. The van der Waals surface area contributed by atoms with Gasteiger partial charge in [-0.15, -0.1) is 11.3 Å². The lowest BCUT2D eigenvalue weighted by Gasteiger charge is -2.14. The van der Waals surface area contributed by atoms with E-state index in [2.05, 4.69) is 22.6 Å². The molecule has 1 aromatic heterocycles. The van der Waals surface area contributed by atoms with Gasteiger partial charge in [0, 0.05) is 30.6 Å². The topological polar surface area (TPSA) is 59.1 Å². The van der Waals surface area contributed by atoms with E-state index in [4.69, 9.17) is 0 Å². The number of aromatic nitrogens is 1. The Morgan fingerprint density at radius 2 is 1.95 bits per heavy atom. The zero-order chi connectivity index (χ0) is 15.5. The van der Waals surface area contributed by atoms with E-state index < -0.39 is 9.84 Å². The Morgan fingerprint density at radius 1 is 1.29 bits per heavy atom. The van der Waals surface area contributed by atoms with E-state index in [1.165, 1.54) is 6.26 Å². The highest BCUT2D eigenvalue weighted by atomic mass is 32.2. The van der Waals surface area contributed by atoms with Gasteiger partial charge < -0.3 is 5.32 Å². The molecule has 0 radical (unpaired) electrons. The number of aryl methyl sites for hydroxylation is 1. The maximum absolute atomic E-state index is 11.4. The second-order valence-corrected chi connectivity index (χ2v) is 8.20. The standard InChI is InChI=1S/C15H20N2O2S2/c1-11(16-9-8-14-10-20-12(2)17-14)13-4-6-15(7-5-13)21(3,18)19/h4-7,10-11,16H,8-9H2,1-3H3. The molecular formula is C15H20N2O2S2. The van der Waals surface area contributed by atoms with Crippen LogP contribution in [-0.4, -0.2) is 26.2 Å². The number of benzene rings is 1. The van der Waals surface area contributed by atoms with Crippen molar-refractivity contribution in [3.63, 3.8) is 0 Å². The monoisotopic (exact) mass is 324 g/mol. The molecule has 1 atom stereocenters. The maximum Gasteiger partial charge on any atom is 0.175 e. The largest absolute Gasteiger partial charge is 0.310 e. The predicted molar refractivity (Wildman–Crippen MR) is 86.5 cm³/mol. The summed E-state index contributed by atoms with van der Waals surface area (Å²) in [6.07, 6.45) is 2.12. The van der Waals surface area contributed by atoms with Gasteiger partial charge in [-0.1, -0.05) is 12.1 Å². The van der Waals surface area contributed by atoms with Crippen molar-refractivity contribution in [1.82, 2.24) is 10.3 Å². The van der Waals surface area contributed by atoms with E-state index in [1.807, 2.05) is 19.1 Å². The highest BCUT2D eigenvalue weighted by Crippen LogP contribution is 2.16. The molecule has 0 aliphatic rings. The van der Waals surface area contributed by atoms with Crippen molar-refractivity contribution >= 4 is 21.2 Å². The Morgan fingerprint density at radius 3 is 2.48 bits per heavy atom. The van der Waals surface area contributed by atoms with E-state index in [9.17, 15) is 8.42 Å². The molecule has 0 saturated heterocycles. The normalized spacial score (nSPS) is 13.3. The van der Waals surface area contributed by atoms with Crippen LogP contribution in [0, 0.1) is 6.92 Å². The molecule has 0 bridgehead atoms. The van der Waals surface area contributed by atoms with Crippen molar-refractivity contribution < 1.29 is 8.42 Å². The van der Waals surface area contributed by atoms with E-state index in [-0.39, 0.29) is 6.04 Å². The summed E-state index contributed by atoms with van der Waals surface area (Å²) >= 11 is 1.67. The van der Waals surface area contributed by atoms with Gasteiger partial charge in [-0.2, -0.15) is 0 Å². The Balaban J connectivity index is 1.89. The van der Waals surface area contributed by atoms with Gasteiger partial charge in [0.2, 0.25) is 0 Å². The van der Waals surface area contributed by atoms with Gasteiger partial charge in [0.1, 0.15) is 0 Å². The molecule has 2 aromatic rings. The fourth-order valence-electron chi connectivity index (χ4n) is 2.06. The van der Waals surface area contributed by atoms with Crippen LogP contribution in [0.4, 0.5) is 0 Å². The number of sulfone groups is 1. The Hall–Kier alpha value is -1.24. The molecule has 0 fully saturated rings. The third-order valence-electron chi connectivity index (χ3n) is 3.31. The van der Waals surface area contributed by atoms with Gasteiger partial charge in [0.15, 0.2) is 9.84 Å². The molecule has 1 heterocycles. The molecule has 0 spiro atoms. The second kappa shape index (κ2) is 6.68. The van der Waals surface area contributed by atoms with E-state index in [0.717, 1.165) is 29.2 Å². The molecule has 2 rings (SSSR count). The highest BCUT2D eigenvalue weighted by molar-refractivity contribution is 7.90. The molecule has 0 amide bonds. The average molecular weight is 324 g/mol. The van der Waals surface area contributed by atoms with Crippen molar-refractivity contribution in [3.05, 3.63) is 45.9 Å². The van der Waals surface area contributed by atoms with Crippen molar-refractivity contribution in [2.75, 3.05) is 12.8 Å². The average Bonchev–Trinajstić information content (AvgIpc) is 2.83. The van der Waals surface area contributed by atoms with E-state index in [0.29, 0.717) is 4.90 Å². The molecule has 1 aromatic carbocycles. The lowest BCUT2D eigenvalue weighted by Crippen LogP contribution is -2.21. The SMILES string of the molecule is Cc1nc(CCNC(C)c2ccc(S(C)(=O)=O)cc2)cs1. The number of hydrogen-bond acceptors (Lipinski definition) is 5. The van der Waals surface area contributed by atoms with Gasteiger partial charge >= 0.3 is 0 Å². The summed E-state index contributed by atoms with van der Waals surface area (Å²) in [5.41, 5.74) is 2.20. The summed E-state index contributed by atoms with van der Waals surface area (Å²) < 4.78 is 22.8. The minimum atomic E-state index is -3.12. The predicted octanol–water partition coefficient (Wildman–Crippen LogP) is 2.75. The second-order valence-electron chi connectivity index (χ2n) is 5.12. The van der Waals surface area contributed by atoms with Gasteiger partial charge in [-0.3, -0.25) is 0 Å². The van der Waals surface area contributed by atoms with E-state index in [1.54, 1.807) is 23.5 Å². The number of rotatable bonds is 6. The first-order valence-electron chi connectivity index (χ1n) is 6.80. The summed E-state index contributed by atoms with van der Waals surface area (Å²) in [5, 5.41) is 6.61. The zero-order valence-electron chi connectivity index (χ0n) is 12.5. The van der Waals surface area contributed by atoms with Crippen LogP contribution in [0.3, 0.4) is 0 Å². The van der Waals surface area contributed by atoms with Crippen LogP contribution in [0.1, 0.15) is 29.2 Å². The van der Waals surface area contributed by atoms with Gasteiger partial charge in [0.05, 0.1) is 15.6 Å². The lowest BCUT2D eigenvalue weighted by atomic mass is 10.1. The zero-order valence-corrected chi connectivity index (χ0v) is 14.1. The Bertz CT molecular complexity index is 691. The summed E-state index contributed by atoms with van der Waals surface area (Å²) in [4.78, 5) is 4.79. The summed E-state index contributed by atoms with van der Waals surface area (Å²) in [7, 11) is -3.12. The third-order valence-corrected chi connectivity index (χ3v) is 5.26. The van der Waals surface area contributed by atoms with Gasteiger partial charge in [0.25, 0.3) is 0 Å². The lowest BCUT2D eigenvalue weighted by molar-refractivity contribution is 0.573. The minimum Gasteiger partial charge on any atom is -0.310 e. The molecule has 0 aliphatic heterocycles. The maximum atomic E-state index is 11.4. The van der Waals surface area contributed by atoms with Crippen LogP contribution in [0.2, 0.25) is 0 Å². The summed E-state index contributed by atoms with van der Waals surface area (Å²) in [5.74, 6) is 0. The first-order valence-corrected chi connectivity index (χ1v) is 9.58. The molecule has 4 nitrogen and oxygen atoms in total. The van der Waals surface area contributed by atoms with Crippen LogP contribution in [0.25, 0.3) is 0 Å². The van der Waals surface area contributed by atoms with Gasteiger partial charge in [-0.05, 0) is 31.5 Å². The van der Waals surface area contributed by atoms with Crippen molar-refractivity contribution in [1.29, 1.82) is 0 Å². The first-order chi connectivity index (χ1) is 9.86. The van der Waals surface area contributed by atoms with Crippen molar-refractivity contribution in [3.8, 4) is 0 Å². The number of hydrogen-bond donors (Lipinski definition) is 1. The van der Waals surface area contributed by atoms with E-state index >= 15 is 0 Å². The number of nitrogens with one attached hydrogen (secondary N) is 1.